The number of nitrogens with zero attached hydrogens (tertiary/aromatic N) is 1. The van der Waals surface area contributed by atoms with Gasteiger partial charge in [0.2, 0.25) is 5.78 Å². The number of hydrogen-bond donors (Lipinski definition) is 0. The van der Waals surface area contributed by atoms with Crippen LogP contribution in [-0.2, 0) is 0 Å². The summed E-state index contributed by atoms with van der Waals surface area (Å²) in [6, 6.07) is 11.3. The molecule has 120 valence electrons. The summed E-state index contributed by atoms with van der Waals surface area (Å²) in [5.74, 6) is 0.139. The minimum absolute atomic E-state index is 0.0313. The second-order valence-electron chi connectivity index (χ2n) is 5.08. The molecular formula is C17H17NO5. The highest BCUT2D eigenvalue weighted by molar-refractivity contribution is 5.99. The summed E-state index contributed by atoms with van der Waals surface area (Å²) in [4.78, 5) is 22.9. The number of rotatable bonds is 6. The lowest BCUT2D eigenvalue weighted by Crippen LogP contribution is -2.24. The maximum Gasteiger partial charge on any atom is 0.314 e. The fourth-order valence-electron chi connectivity index (χ4n) is 2.06. The van der Waals surface area contributed by atoms with Gasteiger partial charge < -0.3 is 9.47 Å². The van der Waals surface area contributed by atoms with Gasteiger partial charge in [-0.3, -0.25) is 14.9 Å². The van der Waals surface area contributed by atoms with E-state index in [-0.39, 0.29) is 17.2 Å². The first-order valence-corrected chi connectivity index (χ1v) is 7.02. The number of nitro benzene ring substituents is 1. The van der Waals surface area contributed by atoms with E-state index in [4.69, 9.17) is 9.47 Å². The molecular weight excluding hydrogens is 298 g/mol. The summed E-state index contributed by atoms with van der Waals surface area (Å²) in [5, 5.41) is 11.1. The Hall–Kier alpha value is -2.89. The van der Waals surface area contributed by atoms with Crippen LogP contribution >= 0.6 is 0 Å². The molecule has 0 radical (unpaired) electrons. The molecule has 0 aromatic heterocycles. The Morgan fingerprint density at radius 1 is 1.17 bits per heavy atom. The number of hydrogen-bond acceptors (Lipinski definition) is 5. The van der Waals surface area contributed by atoms with E-state index in [2.05, 4.69) is 0 Å². The van der Waals surface area contributed by atoms with Gasteiger partial charge in [-0.2, -0.15) is 0 Å². The van der Waals surface area contributed by atoms with E-state index >= 15 is 0 Å². The van der Waals surface area contributed by atoms with Crippen LogP contribution in [0.4, 0.5) is 5.69 Å². The smallest absolute Gasteiger partial charge is 0.314 e. The van der Waals surface area contributed by atoms with Crippen LogP contribution in [-0.4, -0.2) is 23.9 Å². The molecule has 0 fully saturated rings. The van der Waals surface area contributed by atoms with Crippen molar-refractivity contribution in [2.75, 3.05) is 7.11 Å². The lowest BCUT2D eigenvalue weighted by atomic mass is 10.1. The summed E-state index contributed by atoms with van der Waals surface area (Å²) in [7, 11) is 1.42. The lowest BCUT2D eigenvalue weighted by molar-refractivity contribution is -0.386. The molecule has 6 nitrogen and oxygen atoms in total. The molecule has 1 atom stereocenters. The molecule has 0 spiro atoms. The van der Waals surface area contributed by atoms with Gasteiger partial charge in [-0.15, -0.1) is 0 Å². The zero-order valence-electron chi connectivity index (χ0n) is 13.1. The van der Waals surface area contributed by atoms with Crippen LogP contribution in [0.2, 0.25) is 0 Å². The molecule has 0 aliphatic rings. The number of ether oxygens (including phenoxy) is 2. The van der Waals surface area contributed by atoms with Gasteiger partial charge in [0, 0.05) is 5.56 Å². The molecule has 0 saturated carbocycles. The number of Topliss-reactive ketones (excluding diaryl/α,β-unsaturated/α-hetero) is 1. The highest BCUT2D eigenvalue weighted by atomic mass is 16.6. The molecule has 2 rings (SSSR count). The Bertz CT molecular complexity index is 724. The highest BCUT2D eigenvalue weighted by Crippen LogP contribution is 2.32. The zero-order valence-corrected chi connectivity index (χ0v) is 13.1. The van der Waals surface area contributed by atoms with Crippen molar-refractivity contribution in [3.05, 3.63) is 63.7 Å². The maximum atomic E-state index is 12.3. The number of aryl methyl sites for hydroxylation is 1. The Kier molecular flexibility index (Phi) is 4.95. The van der Waals surface area contributed by atoms with Gasteiger partial charge in [-0.25, -0.2) is 0 Å². The van der Waals surface area contributed by atoms with Crippen LogP contribution in [0.5, 0.6) is 11.5 Å². The zero-order chi connectivity index (χ0) is 17.0. The molecule has 2 aromatic carbocycles. The second-order valence-corrected chi connectivity index (χ2v) is 5.08. The van der Waals surface area contributed by atoms with Crippen molar-refractivity contribution in [1.82, 2.24) is 0 Å². The summed E-state index contributed by atoms with van der Waals surface area (Å²) in [6.07, 6.45) is -0.843. The summed E-state index contributed by atoms with van der Waals surface area (Å²) in [5.41, 5.74) is 1.30. The SMILES string of the molecule is COc1ccc(OC(C)C(=O)c2ccc(C)cc2)c([N+](=O)[O-])c1. The third-order valence-corrected chi connectivity index (χ3v) is 3.37. The van der Waals surface area contributed by atoms with Crippen molar-refractivity contribution >= 4 is 11.5 Å². The van der Waals surface area contributed by atoms with Crippen LogP contribution in [0, 0.1) is 17.0 Å². The molecule has 0 N–H and O–H groups in total. The van der Waals surface area contributed by atoms with Gasteiger partial charge in [0.05, 0.1) is 18.1 Å². The molecule has 2 aromatic rings. The van der Waals surface area contributed by atoms with Crippen LogP contribution in [0.25, 0.3) is 0 Å². The minimum atomic E-state index is -0.843. The maximum absolute atomic E-state index is 12.3. The standard InChI is InChI=1S/C17H17NO5/c1-11-4-6-13(7-5-11)17(19)12(2)23-16-9-8-14(22-3)10-15(16)18(20)21/h4-10,12H,1-3H3. The molecule has 0 bridgehead atoms. The topological polar surface area (TPSA) is 78.7 Å². The minimum Gasteiger partial charge on any atom is -0.496 e. The molecule has 1 unspecified atom stereocenters. The van der Waals surface area contributed by atoms with Gasteiger partial charge in [0.1, 0.15) is 5.75 Å². The van der Waals surface area contributed by atoms with E-state index < -0.39 is 11.0 Å². The van der Waals surface area contributed by atoms with E-state index in [0.717, 1.165) is 5.56 Å². The number of benzene rings is 2. The molecule has 0 saturated heterocycles. The quantitative estimate of drug-likeness (QED) is 0.462. The van der Waals surface area contributed by atoms with Crippen LogP contribution in [0.1, 0.15) is 22.8 Å². The Balaban J connectivity index is 2.22. The first kappa shape index (κ1) is 16.5. The van der Waals surface area contributed by atoms with Crippen molar-refractivity contribution in [3.8, 4) is 11.5 Å². The van der Waals surface area contributed by atoms with Crippen LogP contribution in [0.15, 0.2) is 42.5 Å². The average Bonchev–Trinajstić information content (AvgIpc) is 2.55. The van der Waals surface area contributed by atoms with Gasteiger partial charge >= 0.3 is 5.69 Å². The van der Waals surface area contributed by atoms with Crippen molar-refractivity contribution in [3.63, 3.8) is 0 Å². The van der Waals surface area contributed by atoms with Crippen molar-refractivity contribution < 1.29 is 19.2 Å². The van der Waals surface area contributed by atoms with Crippen molar-refractivity contribution in [2.24, 2.45) is 0 Å². The Morgan fingerprint density at radius 3 is 2.39 bits per heavy atom. The summed E-state index contributed by atoms with van der Waals surface area (Å²) in [6.45, 7) is 3.49. The average molecular weight is 315 g/mol. The van der Waals surface area contributed by atoms with Crippen LogP contribution in [0.3, 0.4) is 0 Å². The lowest BCUT2D eigenvalue weighted by Gasteiger charge is -2.14. The summed E-state index contributed by atoms with van der Waals surface area (Å²) < 4.78 is 10.5. The van der Waals surface area contributed by atoms with Crippen molar-refractivity contribution in [2.45, 2.75) is 20.0 Å². The number of carbonyl (C=O) groups is 1. The van der Waals surface area contributed by atoms with E-state index in [1.54, 1.807) is 25.1 Å². The van der Waals surface area contributed by atoms with E-state index in [1.807, 2.05) is 19.1 Å². The van der Waals surface area contributed by atoms with E-state index in [0.29, 0.717) is 11.3 Å². The van der Waals surface area contributed by atoms with Crippen molar-refractivity contribution in [1.29, 1.82) is 0 Å². The number of ketones is 1. The largest absolute Gasteiger partial charge is 0.496 e. The molecule has 0 aliphatic heterocycles. The second kappa shape index (κ2) is 6.91. The fourth-order valence-corrected chi connectivity index (χ4v) is 2.06. The molecule has 6 heteroatoms. The van der Waals surface area contributed by atoms with Gasteiger partial charge in [0.15, 0.2) is 11.9 Å². The van der Waals surface area contributed by atoms with Gasteiger partial charge in [-0.1, -0.05) is 29.8 Å². The van der Waals surface area contributed by atoms with Gasteiger partial charge in [0.25, 0.3) is 0 Å². The predicted molar refractivity (Wildman–Crippen MR) is 85.2 cm³/mol. The van der Waals surface area contributed by atoms with E-state index in [9.17, 15) is 14.9 Å². The Morgan fingerprint density at radius 2 is 1.83 bits per heavy atom. The summed E-state index contributed by atoms with van der Waals surface area (Å²) >= 11 is 0. The fraction of sp³-hybridized carbons (Fsp3) is 0.235. The third kappa shape index (κ3) is 3.85. The number of nitro groups is 1. The molecule has 0 heterocycles. The third-order valence-electron chi connectivity index (χ3n) is 3.37. The first-order chi connectivity index (χ1) is 10.9. The molecule has 23 heavy (non-hydrogen) atoms. The van der Waals surface area contributed by atoms with Crippen LogP contribution < -0.4 is 9.47 Å². The monoisotopic (exact) mass is 315 g/mol. The number of methoxy groups -OCH3 is 1. The molecule has 0 amide bonds. The van der Waals surface area contributed by atoms with E-state index in [1.165, 1.54) is 19.2 Å². The van der Waals surface area contributed by atoms with Gasteiger partial charge in [-0.05, 0) is 26.0 Å². The molecule has 0 aliphatic carbocycles. The Labute approximate surface area is 133 Å². The number of carbonyl (C=O) groups excluding carboxylic acids is 1. The highest BCUT2D eigenvalue weighted by Gasteiger charge is 2.22. The first-order valence-electron chi connectivity index (χ1n) is 7.02. The normalized spacial score (nSPS) is 11.6. The predicted octanol–water partition coefficient (Wildman–Crippen LogP) is 3.56.